The SMILES string of the molecule is COC(=O)[C@@]1(N=[N+]=[N-])CCCN1C(=O)c1c(Cl)ccc2c1[C@](O)(c1ccccc1Cl)CN2S(=O)(=O)c1ccc(OC)c(OC)c1. The number of anilines is 1. The molecule has 0 bridgehead atoms. The number of ether oxygens (including phenoxy) is 3. The molecule has 3 aromatic rings. The zero-order chi connectivity index (χ0) is 32.7. The first-order valence-corrected chi connectivity index (χ1v) is 15.6. The number of benzene rings is 3. The van der Waals surface area contributed by atoms with Gasteiger partial charge < -0.3 is 24.2 Å². The van der Waals surface area contributed by atoms with Crippen LogP contribution in [0.4, 0.5) is 5.69 Å². The van der Waals surface area contributed by atoms with Crippen LogP contribution in [0.3, 0.4) is 0 Å². The number of nitrogens with zero attached hydrogens (tertiary/aromatic N) is 5. The molecule has 5 rings (SSSR count). The Hall–Kier alpha value is -4.20. The second kappa shape index (κ2) is 12.0. The predicted molar refractivity (Wildman–Crippen MR) is 164 cm³/mol. The maximum Gasteiger partial charge on any atom is 0.337 e. The van der Waals surface area contributed by atoms with Gasteiger partial charge in [0.05, 0.1) is 49.0 Å². The number of fused-ring (bicyclic) bond motifs is 1. The molecule has 0 spiro atoms. The van der Waals surface area contributed by atoms with Gasteiger partial charge in [0.2, 0.25) is 5.66 Å². The summed E-state index contributed by atoms with van der Waals surface area (Å²) >= 11 is 13.2. The van der Waals surface area contributed by atoms with Gasteiger partial charge in [-0.3, -0.25) is 9.10 Å². The van der Waals surface area contributed by atoms with Crippen LogP contribution in [0.5, 0.6) is 11.5 Å². The minimum absolute atomic E-state index is 0.0227. The van der Waals surface area contributed by atoms with Crippen LogP contribution in [0.25, 0.3) is 10.4 Å². The van der Waals surface area contributed by atoms with E-state index in [0.29, 0.717) is 5.75 Å². The number of halogens is 2. The summed E-state index contributed by atoms with van der Waals surface area (Å²) in [5.74, 6) is -1.40. The first-order chi connectivity index (χ1) is 21.4. The van der Waals surface area contributed by atoms with Crippen LogP contribution in [-0.4, -0.2) is 70.4 Å². The number of β-amino-alcohol motifs (C(OH)–C–C–N with tert-alkyl or cyclic N) is 1. The summed E-state index contributed by atoms with van der Waals surface area (Å²) in [5.41, 5.74) is 4.66. The predicted octanol–water partition coefficient (Wildman–Crippen LogP) is 4.87. The molecule has 0 saturated carbocycles. The van der Waals surface area contributed by atoms with Crippen molar-refractivity contribution in [2.24, 2.45) is 5.11 Å². The van der Waals surface area contributed by atoms with Gasteiger partial charge in [0.1, 0.15) is 5.60 Å². The number of carbonyl (C=O) groups is 2. The van der Waals surface area contributed by atoms with Crippen LogP contribution in [0, 0.1) is 0 Å². The van der Waals surface area contributed by atoms with E-state index < -0.39 is 39.7 Å². The smallest absolute Gasteiger partial charge is 0.337 e. The van der Waals surface area contributed by atoms with Gasteiger partial charge >= 0.3 is 5.97 Å². The lowest BCUT2D eigenvalue weighted by atomic mass is 9.84. The van der Waals surface area contributed by atoms with Crippen molar-refractivity contribution in [3.63, 3.8) is 0 Å². The zero-order valence-corrected chi connectivity index (χ0v) is 26.6. The maximum absolute atomic E-state index is 14.4. The number of esters is 1. The average Bonchev–Trinajstić information content (AvgIpc) is 3.60. The van der Waals surface area contributed by atoms with Crippen molar-refractivity contribution in [3.05, 3.63) is 91.8 Å². The molecule has 13 nitrogen and oxygen atoms in total. The molecule has 1 saturated heterocycles. The lowest BCUT2D eigenvalue weighted by Crippen LogP contribution is -2.52. The third-order valence-corrected chi connectivity index (χ3v) is 10.4. The van der Waals surface area contributed by atoms with Crippen molar-refractivity contribution in [1.82, 2.24) is 4.90 Å². The summed E-state index contributed by atoms with van der Waals surface area (Å²) < 4.78 is 44.9. The monoisotopic (exact) mass is 675 g/mol. The number of likely N-dealkylation sites (tertiary alicyclic amines) is 1. The molecule has 1 amide bonds. The zero-order valence-electron chi connectivity index (χ0n) is 24.2. The average molecular weight is 677 g/mol. The molecule has 0 aliphatic carbocycles. The third-order valence-electron chi connectivity index (χ3n) is 7.98. The molecule has 2 aliphatic rings. The van der Waals surface area contributed by atoms with Crippen molar-refractivity contribution < 1.29 is 37.3 Å². The Balaban J connectivity index is 1.77. The largest absolute Gasteiger partial charge is 0.493 e. The van der Waals surface area contributed by atoms with Gasteiger partial charge in [-0.25, -0.2) is 13.2 Å². The number of hydrogen-bond donors (Lipinski definition) is 1. The fourth-order valence-corrected chi connectivity index (χ4v) is 7.96. The lowest BCUT2D eigenvalue weighted by Gasteiger charge is -2.33. The van der Waals surface area contributed by atoms with Crippen molar-refractivity contribution in [3.8, 4) is 11.5 Å². The summed E-state index contributed by atoms with van der Waals surface area (Å²) in [5, 5.41) is 16.1. The normalized spacial score (nSPS) is 20.8. The summed E-state index contributed by atoms with van der Waals surface area (Å²) in [6, 6.07) is 12.9. The molecule has 0 unspecified atom stereocenters. The molecule has 45 heavy (non-hydrogen) atoms. The number of azide groups is 1. The van der Waals surface area contributed by atoms with Crippen molar-refractivity contribution in [2.75, 3.05) is 38.7 Å². The first kappa shape index (κ1) is 32.2. The second-order valence-corrected chi connectivity index (χ2v) is 12.9. The highest BCUT2D eigenvalue weighted by Crippen LogP contribution is 2.51. The fourth-order valence-electron chi connectivity index (χ4n) is 5.91. The number of carbonyl (C=O) groups excluding carboxylic acids is 2. The van der Waals surface area contributed by atoms with Gasteiger partial charge in [0.15, 0.2) is 11.5 Å². The minimum atomic E-state index is -4.44. The van der Waals surface area contributed by atoms with Crippen LogP contribution in [0.2, 0.25) is 10.0 Å². The van der Waals surface area contributed by atoms with E-state index >= 15 is 0 Å². The minimum Gasteiger partial charge on any atom is -0.493 e. The van der Waals surface area contributed by atoms with Crippen LogP contribution >= 0.6 is 23.2 Å². The number of amides is 1. The van der Waals surface area contributed by atoms with Crippen LogP contribution in [0.1, 0.15) is 34.3 Å². The molecule has 2 heterocycles. The number of methoxy groups -OCH3 is 3. The van der Waals surface area contributed by atoms with Crippen LogP contribution < -0.4 is 13.8 Å². The number of sulfonamides is 1. The van der Waals surface area contributed by atoms with Gasteiger partial charge in [-0.15, -0.1) is 0 Å². The van der Waals surface area contributed by atoms with Gasteiger partial charge in [0.25, 0.3) is 15.9 Å². The Labute approximate surface area is 268 Å². The van der Waals surface area contributed by atoms with E-state index in [1.807, 2.05) is 0 Å². The maximum atomic E-state index is 14.4. The molecular formula is C29H27Cl2N5O8S. The summed E-state index contributed by atoms with van der Waals surface area (Å²) in [6.45, 7) is -0.618. The Morgan fingerprint density at radius 3 is 2.38 bits per heavy atom. The topological polar surface area (TPSA) is 171 Å². The summed E-state index contributed by atoms with van der Waals surface area (Å²) in [7, 11) is -0.575. The molecule has 236 valence electrons. The molecule has 1 N–H and O–H groups in total. The quantitative estimate of drug-likeness (QED) is 0.152. The van der Waals surface area contributed by atoms with Gasteiger partial charge in [0, 0.05) is 33.7 Å². The van der Waals surface area contributed by atoms with Crippen molar-refractivity contribution in [1.29, 1.82) is 0 Å². The molecule has 2 aliphatic heterocycles. The van der Waals surface area contributed by atoms with E-state index in [4.69, 9.17) is 37.4 Å². The summed E-state index contributed by atoms with van der Waals surface area (Å²) in [6.07, 6.45) is 0.248. The van der Waals surface area contributed by atoms with Crippen molar-refractivity contribution >= 4 is 50.8 Å². The van der Waals surface area contributed by atoms with E-state index in [9.17, 15) is 28.6 Å². The molecule has 1 fully saturated rings. The standard InChI is InChI=1S/C29H27Cl2N5O8S/c1-42-22-12-9-17(15-23(22)43-2)45(40,41)36-16-28(39,18-7-4-5-8-19(18)30)25-21(36)11-10-20(31)24(25)26(37)35-14-6-13-29(35,33-34-32)27(38)44-3/h4-5,7-12,15,39H,6,13-14,16H2,1-3H3/t28-,29-/m1/s1. The van der Waals surface area contributed by atoms with E-state index in [-0.39, 0.29) is 62.5 Å². The first-order valence-electron chi connectivity index (χ1n) is 13.4. The Kier molecular flexibility index (Phi) is 8.55. The molecule has 0 aromatic heterocycles. The van der Waals surface area contributed by atoms with Crippen molar-refractivity contribution in [2.45, 2.75) is 29.0 Å². The summed E-state index contributed by atoms with van der Waals surface area (Å²) in [4.78, 5) is 31.0. The number of rotatable bonds is 8. The molecule has 0 radical (unpaired) electrons. The Morgan fingerprint density at radius 1 is 1.02 bits per heavy atom. The van der Waals surface area contributed by atoms with E-state index in [2.05, 4.69) is 10.0 Å². The fraction of sp³-hybridized carbons (Fsp3) is 0.310. The van der Waals surface area contributed by atoms with Gasteiger partial charge in [-0.2, -0.15) is 0 Å². The van der Waals surface area contributed by atoms with E-state index in [1.54, 1.807) is 12.1 Å². The van der Waals surface area contributed by atoms with Gasteiger partial charge in [-0.05, 0) is 48.7 Å². The van der Waals surface area contributed by atoms with Crippen LogP contribution in [0.15, 0.2) is 64.6 Å². The lowest BCUT2D eigenvalue weighted by molar-refractivity contribution is -0.151. The molecule has 3 aromatic carbocycles. The van der Waals surface area contributed by atoms with Crippen LogP contribution in [-0.2, 0) is 25.2 Å². The highest BCUT2D eigenvalue weighted by atomic mass is 35.5. The molecule has 2 atom stereocenters. The van der Waals surface area contributed by atoms with Gasteiger partial charge in [-0.1, -0.05) is 46.5 Å². The number of aliphatic hydroxyl groups is 1. The van der Waals surface area contributed by atoms with E-state index in [0.717, 1.165) is 16.3 Å². The molecular weight excluding hydrogens is 649 g/mol. The second-order valence-electron chi connectivity index (χ2n) is 10.2. The number of hydrogen-bond acceptors (Lipinski definition) is 9. The highest BCUT2D eigenvalue weighted by molar-refractivity contribution is 7.92. The Morgan fingerprint density at radius 2 is 1.73 bits per heavy atom. The molecule has 16 heteroatoms. The highest BCUT2D eigenvalue weighted by Gasteiger charge is 2.55. The Bertz CT molecular complexity index is 1870. The van der Waals surface area contributed by atoms with E-state index in [1.165, 1.54) is 56.7 Å². The third kappa shape index (κ3) is 4.99.